The third kappa shape index (κ3) is 4.64. The van der Waals surface area contributed by atoms with Crippen LogP contribution < -0.4 is 11.1 Å². The number of carbonyl (C=O) groups is 1. The van der Waals surface area contributed by atoms with Crippen molar-refractivity contribution in [2.24, 2.45) is 11.7 Å². The van der Waals surface area contributed by atoms with Gasteiger partial charge in [-0.05, 0) is 31.2 Å². The highest BCUT2D eigenvalue weighted by atomic mass is 16.1. The average molecular weight is 274 g/mol. The first kappa shape index (κ1) is 15.0. The molecule has 1 aliphatic rings. The second kappa shape index (κ2) is 8.05. The molecular weight excluding hydrogens is 248 g/mol. The molecule has 1 aliphatic carbocycles. The molecule has 0 saturated heterocycles. The van der Waals surface area contributed by atoms with Crippen LogP contribution in [0.5, 0.6) is 0 Å². The molecule has 0 spiro atoms. The second-order valence-electron chi connectivity index (χ2n) is 5.79. The first-order valence-corrected chi connectivity index (χ1v) is 7.84. The Kier molecular flexibility index (Phi) is 6.06. The van der Waals surface area contributed by atoms with Gasteiger partial charge < -0.3 is 11.1 Å². The Morgan fingerprint density at radius 3 is 2.70 bits per heavy atom. The second-order valence-corrected chi connectivity index (χ2v) is 5.79. The SMILES string of the molecule is NC1CCCCCC1C(=O)NCCCc1ccccc1. The highest BCUT2D eigenvalue weighted by Gasteiger charge is 2.26. The fourth-order valence-corrected chi connectivity index (χ4v) is 2.94. The van der Waals surface area contributed by atoms with E-state index < -0.39 is 0 Å². The topological polar surface area (TPSA) is 55.1 Å². The van der Waals surface area contributed by atoms with E-state index in [0.717, 1.165) is 38.6 Å². The standard InChI is InChI=1S/C17H26N2O/c18-16-12-6-2-5-11-15(16)17(20)19-13-7-10-14-8-3-1-4-9-14/h1,3-4,8-9,15-16H,2,5-7,10-13,18H2,(H,19,20). The minimum atomic E-state index is 0.0224. The summed E-state index contributed by atoms with van der Waals surface area (Å²) in [6.07, 6.45) is 7.45. The van der Waals surface area contributed by atoms with Gasteiger partial charge in [0, 0.05) is 12.6 Å². The van der Waals surface area contributed by atoms with E-state index in [1.807, 2.05) is 6.07 Å². The van der Waals surface area contributed by atoms with E-state index in [0.29, 0.717) is 0 Å². The summed E-state index contributed by atoms with van der Waals surface area (Å²) in [5, 5.41) is 3.06. The zero-order chi connectivity index (χ0) is 14.2. The maximum atomic E-state index is 12.2. The maximum absolute atomic E-state index is 12.2. The summed E-state index contributed by atoms with van der Waals surface area (Å²) in [5.74, 6) is 0.182. The molecule has 110 valence electrons. The molecule has 1 aromatic rings. The van der Waals surface area contributed by atoms with Crippen molar-refractivity contribution in [1.29, 1.82) is 0 Å². The molecule has 3 heteroatoms. The summed E-state index contributed by atoms with van der Waals surface area (Å²) in [4.78, 5) is 12.2. The number of hydrogen-bond donors (Lipinski definition) is 2. The van der Waals surface area contributed by atoms with Gasteiger partial charge >= 0.3 is 0 Å². The Morgan fingerprint density at radius 1 is 1.15 bits per heavy atom. The van der Waals surface area contributed by atoms with Crippen LogP contribution in [0, 0.1) is 5.92 Å². The minimum absolute atomic E-state index is 0.0224. The monoisotopic (exact) mass is 274 g/mol. The van der Waals surface area contributed by atoms with Crippen LogP contribution in [0.15, 0.2) is 30.3 Å². The van der Waals surface area contributed by atoms with E-state index in [1.54, 1.807) is 0 Å². The van der Waals surface area contributed by atoms with Crippen molar-refractivity contribution >= 4 is 5.91 Å². The van der Waals surface area contributed by atoms with Crippen molar-refractivity contribution in [2.45, 2.75) is 51.0 Å². The van der Waals surface area contributed by atoms with E-state index in [-0.39, 0.29) is 17.9 Å². The van der Waals surface area contributed by atoms with Crippen LogP contribution in [-0.2, 0) is 11.2 Å². The van der Waals surface area contributed by atoms with Crippen molar-refractivity contribution in [3.8, 4) is 0 Å². The molecular formula is C17H26N2O. The van der Waals surface area contributed by atoms with E-state index in [9.17, 15) is 4.79 Å². The van der Waals surface area contributed by atoms with Crippen LogP contribution in [0.25, 0.3) is 0 Å². The van der Waals surface area contributed by atoms with Gasteiger partial charge in [0.2, 0.25) is 5.91 Å². The number of nitrogens with one attached hydrogen (secondary N) is 1. The molecule has 0 aromatic heterocycles. The number of carbonyl (C=O) groups excluding carboxylic acids is 1. The molecule has 3 N–H and O–H groups in total. The van der Waals surface area contributed by atoms with Crippen LogP contribution in [0.3, 0.4) is 0 Å². The summed E-state index contributed by atoms with van der Waals surface area (Å²) in [7, 11) is 0. The first-order valence-electron chi connectivity index (χ1n) is 7.84. The molecule has 0 aliphatic heterocycles. The normalized spacial score (nSPS) is 23.1. The third-order valence-electron chi connectivity index (χ3n) is 4.19. The minimum Gasteiger partial charge on any atom is -0.356 e. The van der Waals surface area contributed by atoms with Crippen LogP contribution in [0.1, 0.15) is 44.1 Å². The van der Waals surface area contributed by atoms with Crippen molar-refractivity contribution in [1.82, 2.24) is 5.32 Å². The molecule has 2 rings (SSSR count). The van der Waals surface area contributed by atoms with Crippen LogP contribution >= 0.6 is 0 Å². The number of hydrogen-bond acceptors (Lipinski definition) is 2. The third-order valence-corrected chi connectivity index (χ3v) is 4.19. The number of benzene rings is 1. The van der Waals surface area contributed by atoms with Gasteiger partial charge in [0.05, 0.1) is 5.92 Å². The smallest absolute Gasteiger partial charge is 0.224 e. The molecule has 2 atom stereocenters. The van der Waals surface area contributed by atoms with E-state index in [4.69, 9.17) is 5.73 Å². The molecule has 1 fully saturated rings. The van der Waals surface area contributed by atoms with Gasteiger partial charge in [0.25, 0.3) is 0 Å². The lowest BCUT2D eigenvalue weighted by Crippen LogP contribution is -2.41. The fraction of sp³-hybridized carbons (Fsp3) is 0.588. The summed E-state index contributed by atoms with van der Waals surface area (Å²) in [6.45, 7) is 0.747. The lowest BCUT2D eigenvalue weighted by atomic mass is 9.94. The van der Waals surface area contributed by atoms with Gasteiger partial charge in [0.1, 0.15) is 0 Å². The molecule has 0 bridgehead atoms. The Labute approximate surface area is 121 Å². The quantitative estimate of drug-likeness (QED) is 0.640. The maximum Gasteiger partial charge on any atom is 0.224 e. The Morgan fingerprint density at radius 2 is 1.90 bits per heavy atom. The summed E-state index contributed by atoms with van der Waals surface area (Å²) < 4.78 is 0. The van der Waals surface area contributed by atoms with E-state index in [2.05, 4.69) is 29.6 Å². The number of amides is 1. The van der Waals surface area contributed by atoms with Gasteiger partial charge in [-0.2, -0.15) is 0 Å². The predicted octanol–water partition coefficient (Wildman–Crippen LogP) is 2.64. The molecule has 1 amide bonds. The summed E-state index contributed by atoms with van der Waals surface area (Å²) in [6, 6.07) is 10.4. The highest BCUT2D eigenvalue weighted by Crippen LogP contribution is 2.22. The molecule has 3 nitrogen and oxygen atoms in total. The Bertz CT molecular complexity index is 405. The summed E-state index contributed by atoms with van der Waals surface area (Å²) >= 11 is 0. The van der Waals surface area contributed by atoms with Crippen molar-refractivity contribution in [2.75, 3.05) is 6.54 Å². The van der Waals surface area contributed by atoms with Crippen LogP contribution in [-0.4, -0.2) is 18.5 Å². The number of nitrogens with two attached hydrogens (primary N) is 1. The van der Waals surface area contributed by atoms with Crippen molar-refractivity contribution in [3.63, 3.8) is 0 Å². The highest BCUT2D eigenvalue weighted by molar-refractivity contribution is 5.79. The molecule has 1 saturated carbocycles. The molecule has 2 unspecified atom stereocenters. The van der Waals surface area contributed by atoms with Gasteiger partial charge in [-0.15, -0.1) is 0 Å². The Balaban J connectivity index is 1.69. The molecule has 0 heterocycles. The average Bonchev–Trinajstić information content (AvgIpc) is 2.69. The van der Waals surface area contributed by atoms with E-state index in [1.165, 1.54) is 18.4 Å². The molecule has 0 radical (unpaired) electrons. The first-order chi connectivity index (χ1) is 9.77. The lowest BCUT2D eigenvalue weighted by molar-refractivity contribution is -0.125. The zero-order valence-electron chi connectivity index (χ0n) is 12.2. The zero-order valence-corrected chi connectivity index (χ0v) is 12.2. The van der Waals surface area contributed by atoms with Crippen molar-refractivity contribution < 1.29 is 4.79 Å². The van der Waals surface area contributed by atoms with Gasteiger partial charge in [-0.25, -0.2) is 0 Å². The van der Waals surface area contributed by atoms with Crippen LogP contribution in [0.4, 0.5) is 0 Å². The Hall–Kier alpha value is -1.35. The van der Waals surface area contributed by atoms with Crippen molar-refractivity contribution in [3.05, 3.63) is 35.9 Å². The predicted molar refractivity (Wildman–Crippen MR) is 82.3 cm³/mol. The molecule has 1 aromatic carbocycles. The van der Waals surface area contributed by atoms with Gasteiger partial charge in [0.15, 0.2) is 0 Å². The summed E-state index contributed by atoms with van der Waals surface area (Å²) in [5.41, 5.74) is 7.44. The number of aryl methyl sites for hydroxylation is 1. The van der Waals surface area contributed by atoms with Gasteiger partial charge in [-0.1, -0.05) is 49.6 Å². The van der Waals surface area contributed by atoms with Crippen LogP contribution in [0.2, 0.25) is 0 Å². The number of rotatable bonds is 5. The fourth-order valence-electron chi connectivity index (χ4n) is 2.94. The van der Waals surface area contributed by atoms with E-state index >= 15 is 0 Å². The van der Waals surface area contributed by atoms with Gasteiger partial charge in [-0.3, -0.25) is 4.79 Å². The largest absolute Gasteiger partial charge is 0.356 e. The molecule has 20 heavy (non-hydrogen) atoms. The lowest BCUT2D eigenvalue weighted by Gasteiger charge is -2.20.